The third kappa shape index (κ3) is 1.94. The Labute approximate surface area is 122 Å². The molecule has 4 rings (SSSR count). The van der Waals surface area contributed by atoms with Crippen LogP contribution in [-0.4, -0.2) is 7.05 Å². The summed E-state index contributed by atoms with van der Waals surface area (Å²) in [6.45, 7) is 0. The van der Waals surface area contributed by atoms with E-state index in [4.69, 9.17) is 8.83 Å². The van der Waals surface area contributed by atoms with Crippen LogP contribution in [-0.2, 0) is 0 Å². The fourth-order valence-electron chi connectivity index (χ4n) is 2.89. The average molecular weight is 277 g/mol. The number of rotatable bonds is 3. The van der Waals surface area contributed by atoms with Gasteiger partial charge in [0.2, 0.25) is 0 Å². The van der Waals surface area contributed by atoms with Crippen LogP contribution in [0.3, 0.4) is 0 Å². The van der Waals surface area contributed by atoms with Gasteiger partial charge in [0.1, 0.15) is 11.2 Å². The van der Waals surface area contributed by atoms with Crippen LogP contribution in [0.5, 0.6) is 0 Å². The van der Waals surface area contributed by atoms with Crippen molar-refractivity contribution >= 4 is 21.9 Å². The number of furan rings is 2. The van der Waals surface area contributed by atoms with E-state index >= 15 is 0 Å². The van der Waals surface area contributed by atoms with Crippen LogP contribution < -0.4 is 5.32 Å². The molecule has 0 amide bonds. The van der Waals surface area contributed by atoms with E-state index in [1.165, 1.54) is 5.56 Å². The zero-order valence-electron chi connectivity index (χ0n) is 11.7. The standard InChI is InChI=1S/C18H15NO2/c1-19-18(13-8-9-20-11-13)12-6-7-17-15(10-12)14-4-2-3-5-16(14)21-17/h2-11,18-19H,1H3. The summed E-state index contributed by atoms with van der Waals surface area (Å²) in [4.78, 5) is 0. The summed E-state index contributed by atoms with van der Waals surface area (Å²) in [5, 5.41) is 5.63. The van der Waals surface area contributed by atoms with Crippen LogP contribution in [0.25, 0.3) is 21.9 Å². The van der Waals surface area contributed by atoms with Crippen molar-refractivity contribution in [1.82, 2.24) is 5.32 Å². The number of para-hydroxylation sites is 1. The van der Waals surface area contributed by atoms with Crippen molar-refractivity contribution < 1.29 is 8.83 Å². The van der Waals surface area contributed by atoms with Gasteiger partial charge in [-0.2, -0.15) is 0 Å². The summed E-state index contributed by atoms with van der Waals surface area (Å²) in [7, 11) is 1.95. The molecule has 1 N–H and O–H groups in total. The highest BCUT2D eigenvalue weighted by Gasteiger charge is 2.15. The molecule has 2 heterocycles. The van der Waals surface area contributed by atoms with E-state index in [-0.39, 0.29) is 6.04 Å². The van der Waals surface area contributed by atoms with Crippen molar-refractivity contribution in [3.05, 3.63) is 72.2 Å². The van der Waals surface area contributed by atoms with Crippen LogP contribution in [0.4, 0.5) is 0 Å². The third-order valence-corrected chi connectivity index (χ3v) is 3.90. The highest BCUT2D eigenvalue weighted by molar-refractivity contribution is 6.05. The maximum absolute atomic E-state index is 5.87. The van der Waals surface area contributed by atoms with Gasteiger partial charge < -0.3 is 14.2 Å². The molecule has 0 aliphatic carbocycles. The molecule has 1 unspecified atom stereocenters. The molecular formula is C18H15NO2. The van der Waals surface area contributed by atoms with E-state index in [2.05, 4.69) is 23.5 Å². The van der Waals surface area contributed by atoms with Gasteiger partial charge >= 0.3 is 0 Å². The van der Waals surface area contributed by atoms with Crippen LogP contribution in [0.2, 0.25) is 0 Å². The van der Waals surface area contributed by atoms with Crippen LogP contribution in [0.15, 0.2) is 69.9 Å². The van der Waals surface area contributed by atoms with E-state index in [1.807, 2.05) is 37.4 Å². The van der Waals surface area contributed by atoms with E-state index in [1.54, 1.807) is 12.5 Å². The van der Waals surface area contributed by atoms with Gasteiger partial charge in [0.25, 0.3) is 0 Å². The number of nitrogens with one attached hydrogen (secondary N) is 1. The van der Waals surface area contributed by atoms with Gasteiger partial charge in [-0.25, -0.2) is 0 Å². The molecule has 0 aliphatic heterocycles. The van der Waals surface area contributed by atoms with E-state index in [0.717, 1.165) is 27.5 Å². The second kappa shape index (κ2) is 4.79. The Hall–Kier alpha value is -2.52. The maximum Gasteiger partial charge on any atom is 0.135 e. The first-order valence-electron chi connectivity index (χ1n) is 6.97. The van der Waals surface area contributed by atoms with Gasteiger partial charge in [0.05, 0.1) is 18.6 Å². The highest BCUT2D eigenvalue weighted by atomic mass is 16.3. The average Bonchev–Trinajstić information content (AvgIpc) is 3.15. The summed E-state index contributed by atoms with van der Waals surface area (Å²) >= 11 is 0. The Morgan fingerprint density at radius 3 is 2.57 bits per heavy atom. The summed E-state index contributed by atoms with van der Waals surface area (Å²) < 4.78 is 11.1. The van der Waals surface area contributed by atoms with Crippen molar-refractivity contribution in [2.75, 3.05) is 7.05 Å². The quantitative estimate of drug-likeness (QED) is 0.599. The zero-order valence-corrected chi connectivity index (χ0v) is 11.7. The molecule has 1 atom stereocenters. The molecule has 0 saturated carbocycles. The van der Waals surface area contributed by atoms with Gasteiger partial charge in [0.15, 0.2) is 0 Å². The molecule has 4 aromatic rings. The molecular weight excluding hydrogens is 262 g/mol. The zero-order chi connectivity index (χ0) is 14.2. The van der Waals surface area contributed by atoms with Gasteiger partial charge in [-0.05, 0) is 36.9 Å². The van der Waals surface area contributed by atoms with E-state index < -0.39 is 0 Å². The summed E-state index contributed by atoms with van der Waals surface area (Å²) in [5.41, 5.74) is 4.15. The minimum Gasteiger partial charge on any atom is -0.472 e. The number of hydrogen-bond donors (Lipinski definition) is 1. The Bertz CT molecular complexity index is 890. The molecule has 0 fully saturated rings. The fourth-order valence-corrected chi connectivity index (χ4v) is 2.89. The lowest BCUT2D eigenvalue weighted by Crippen LogP contribution is -2.16. The Balaban J connectivity index is 1.91. The Morgan fingerprint density at radius 2 is 1.76 bits per heavy atom. The van der Waals surface area contributed by atoms with Crippen molar-refractivity contribution in [1.29, 1.82) is 0 Å². The SMILES string of the molecule is CNC(c1ccoc1)c1ccc2oc3ccccc3c2c1. The van der Waals surface area contributed by atoms with Crippen molar-refractivity contribution in [3.63, 3.8) is 0 Å². The van der Waals surface area contributed by atoms with Crippen molar-refractivity contribution in [3.8, 4) is 0 Å². The smallest absolute Gasteiger partial charge is 0.135 e. The third-order valence-electron chi connectivity index (χ3n) is 3.90. The summed E-state index contributed by atoms with van der Waals surface area (Å²) in [6.07, 6.45) is 3.48. The van der Waals surface area contributed by atoms with E-state index in [9.17, 15) is 0 Å². The van der Waals surface area contributed by atoms with Crippen LogP contribution in [0, 0.1) is 0 Å². The highest BCUT2D eigenvalue weighted by Crippen LogP contribution is 2.32. The maximum atomic E-state index is 5.87. The summed E-state index contributed by atoms with van der Waals surface area (Å²) in [6, 6.07) is 16.5. The van der Waals surface area contributed by atoms with Crippen LogP contribution >= 0.6 is 0 Å². The first kappa shape index (κ1) is 12.2. The largest absolute Gasteiger partial charge is 0.472 e. The second-order valence-corrected chi connectivity index (χ2v) is 5.13. The predicted octanol–water partition coefficient (Wildman–Crippen LogP) is 4.49. The molecule has 2 aromatic carbocycles. The molecule has 0 spiro atoms. The topological polar surface area (TPSA) is 38.3 Å². The predicted molar refractivity (Wildman–Crippen MR) is 83.3 cm³/mol. The molecule has 0 bridgehead atoms. The fraction of sp³-hybridized carbons (Fsp3) is 0.111. The summed E-state index contributed by atoms with van der Waals surface area (Å²) in [5.74, 6) is 0. The first-order chi connectivity index (χ1) is 10.4. The van der Waals surface area contributed by atoms with Gasteiger partial charge in [-0.1, -0.05) is 24.3 Å². The monoisotopic (exact) mass is 277 g/mol. The molecule has 104 valence electrons. The molecule has 3 nitrogen and oxygen atoms in total. The molecule has 0 radical (unpaired) electrons. The van der Waals surface area contributed by atoms with Gasteiger partial charge in [-0.3, -0.25) is 0 Å². The number of benzene rings is 2. The second-order valence-electron chi connectivity index (χ2n) is 5.13. The van der Waals surface area contributed by atoms with Crippen molar-refractivity contribution in [2.45, 2.75) is 6.04 Å². The van der Waals surface area contributed by atoms with Crippen molar-refractivity contribution in [2.24, 2.45) is 0 Å². The molecule has 0 aliphatic rings. The first-order valence-corrected chi connectivity index (χ1v) is 6.97. The van der Waals surface area contributed by atoms with Gasteiger partial charge in [0, 0.05) is 16.3 Å². The Morgan fingerprint density at radius 1 is 0.905 bits per heavy atom. The number of fused-ring (bicyclic) bond motifs is 3. The molecule has 3 heteroatoms. The van der Waals surface area contributed by atoms with E-state index in [0.29, 0.717) is 0 Å². The normalized spacial score (nSPS) is 13.0. The molecule has 0 saturated heterocycles. The lowest BCUT2D eigenvalue weighted by Gasteiger charge is -2.14. The molecule has 2 aromatic heterocycles. The van der Waals surface area contributed by atoms with Gasteiger partial charge in [-0.15, -0.1) is 0 Å². The lowest BCUT2D eigenvalue weighted by molar-refractivity contribution is 0.557. The molecule has 21 heavy (non-hydrogen) atoms. The number of hydrogen-bond acceptors (Lipinski definition) is 3. The minimum atomic E-state index is 0.113. The van der Waals surface area contributed by atoms with Crippen LogP contribution in [0.1, 0.15) is 17.2 Å². The minimum absolute atomic E-state index is 0.113. The lowest BCUT2D eigenvalue weighted by atomic mass is 9.99. The Kier molecular flexibility index (Phi) is 2.79.